The summed E-state index contributed by atoms with van der Waals surface area (Å²) in [4.78, 5) is 37.9. The van der Waals surface area contributed by atoms with E-state index in [-0.39, 0.29) is 11.1 Å². The van der Waals surface area contributed by atoms with Crippen LogP contribution in [0, 0.1) is 12.8 Å². The number of nitrogens with two attached hydrogens (primary N) is 1. The van der Waals surface area contributed by atoms with E-state index >= 15 is 0 Å². The lowest BCUT2D eigenvalue weighted by Crippen LogP contribution is -2.47. The molecule has 1 aromatic carbocycles. The highest BCUT2D eigenvalue weighted by Crippen LogP contribution is 2.20. The van der Waals surface area contributed by atoms with E-state index in [9.17, 15) is 14.4 Å². The van der Waals surface area contributed by atoms with E-state index in [1.807, 2.05) is 36.4 Å². The Morgan fingerprint density at radius 3 is 2.59 bits per heavy atom. The standard InChI is InChI=1S/C23H27N3O3/c1-14(2)16-7-6-8-17(13-16)26-12-11-15(3)20(23(26)29)22(28)25-19-10-5-4-9-18(19)21(24)27/h4-8,11-14,18-19H,9-10H2,1-3H3,(H2,24,27)(H,25,28)/t18-,19-/m1/s1. The van der Waals surface area contributed by atoms with Crippen molar-refractivity contribution < 1.29 is 9.59 Å². The van der Waals surface area contributed by atoms with Gasteiger partial charge >= 0.3 is 0 Å². The van der Waals surface area contributed by atoms with Crippen molar-refractivity contribution in [2.24, 2.45) is 11.7 Å². The fraction of sp³-hybridized carbons (Fsp3) is 0.348. The van der Waals surface area contributed by atoms with Gasteiger partial charge in [-0.1, -0.05) is 38.1 Å². The smallest absolute Gasteiger partial charge is 0.268 e. The molecule has 152 valence electrons. The fourth-order valence-electron chi connectivity index (χ4n) is 3.67. The fourth-order valence-corrected chi connectivity index (χ4v) is 3.67. The van der Waals surface area contributed by atoms with Crippen molar-refractivity contribution in [1.82, 2.24) is 9.88 Å². The highest BCUT2D eigenvalue weighted by Gasteiger charge is 2.29. The van der Waals surface area contributed by atoms with E-state index in [0.29, 0.717) is 30.0 Å². The number of benzene rings is 1. The molecule has 1 aromatic heterocycles. The van der Waals surface area contributed by atoms with Crippen LogP contribution in [0.5, 0.6) is 0 Å². The number of allylic oxidation sites excluding steroid dienone is 1. The van der Waals surface area contributed by atoms with Gasteiger partial charge < -0.3 is 11.1 Å². The lowest BCUT2D eigenvalue weighted by molar-refractivity contribution is -0.122. The molecule has 2 atom stereocenters. The molecule has 1 heterocycles. The number of amides is 2. The second-order valence-corrected chi connectivity index (χ2v) is 7.83. The molecule has 3 rings (SSSR count). The second-order valence-electron chi connectivity index (χ2n) is 7.83. The van der Waals surface area contributed by atoms with Gasteiger partial charge in [-0.15, -0.1) is 0 Å². The average Bonchev–Trinajstić information content (AvgIpc) is 2.68. The molecule has 2 amide bonds. The number of primary amides is 1. The van der Waals surface area contributed by atoms with Gasteiger partial charge in [0.1, 0.15) is 5.56 Å². The Morgan fingerprint density at radius 1 is 1.17 bits per heavy atom. The number of rotatable bonds is 5. The van der Waals surface area contributed by atoms with Gasteiger partial charge in [-0.2, -0.15) is 0 Å². The number of nitrogens with one attached hydrogen (secondary N) is 1. The molecule has 1 aliphatic rings. The Kier molecular flexibility index (Phi) is 6.01. The molecule has 0 fully saturated rings. The highest BCUT2D eigenvalue weighted by atomic mass is 16.2. The third-order valence-electron chi connectivity index (χ3n) is 5.46. The molecule has 6 heteroatoms. The van der Waals surface area contributed by atoms with Crippen LogP contribution in [0.1, 0.15) is 54.1 Å². The lowest BCUT2D eigenvalue weighted by Gasteiger charge is -2.27. The van der Waals surface area contributed by atoms with Gasteiger partial charge in [0.25, 0.3) is 11.5 Å². The van der Waals surface area contributed by atoms with Crippen molar-refractivity contribution in [3.63, 3.8) is 0 Å². The molecular weight excluding hydrogens is 366 g/mol. The van der Waals surface area contributed by atoms with Crippen LogP contribution in [0.4, 0.5) is 0 Å². The zero-order valence-electron chi connectivity index (χ0n) is 17.0. The molecule has 29 heavy (non-hydrogen) atoms. The predicted octanol–water partition coefficient (Wildman–Crippen LogP) is 2.82. The lowest BCUT2D eigenvalue weighted by atomic mass is 9.88. The van der Waals surface area contributed by atoms with Gasteiger partial charge in [-0.3, -0.25) is 19.0 Å². The average molecular weight is 393 g/mol. The number of hydrogen-bond donors (Lipinski definition) is 2. The summed E-state index contributed by atoms with van der Waals surface area (Å²) in [5.74, 6) is -1.08. The summed E-state index contributed by atoms with van der Waals surface area (Å²) in [7, 11) is 0. The molecule has 0 saturated heterocycles. The van der Waals surface area contributed by atoms with Crippen LogP contribution >= 0.6 is 0 Å². The van der Waals surface area contributed by atoms with E-state index in [4.69, 9.17) is 5.73 Å². The van der Waals surface area contributed by atoms with Gasteiger partial charge in [0, 0.05) is 17.9 Å². The Hall–Kier alpha value is -3.15. The van der Waals surface area contributed by atoms with Crippen LogP contribution in [0.25, 0.3) is 5.69 Å². The molecule has 0 aliphatic heterocycles. The number of hydrogen-bond acceptors (Lipinski definition) is 3. The monoisotopic (exact) mass is 393 g/mol. The molecular formula is C23H27N3O3. The van der Waals surface area contributed by atoms with E-state index in [2.05, 4.69) is 19.2 Å². The van der Waals surface area contributed by atoms with Crippen molar-refractivity contribution in [3.8, 4) is 5.69 Å². The summed E-state index contributed by atoms with van der Waals surface area (Å²) in [6.45, 7) is 5.91. The summed E-state index contributed by atoms with van der Waals surface area (Å²) in [5, 5.41) is 2.85. The summed E-state index contributed by atoms with van der Waals surface area (Å²) >= 11 is 0. The molecule has 0 unspecified atom stereocenters. The molecule has 2 aromatic rings. The van der Waals surface area contributed by atoms with Crippen molar-refractivity contribution in [3.05, 3.63) is 75.7 Å². The molecule has 3 N–H and O–H groups in total. The van der Waals surface area contributed by atoms with Crippen LogP contribution < -0.4 is 16.6 Å². The van der Waals surface area contributed by atoms with Crippen LogP contribution in [0.3, 0.4) is 0 Å². The Bertz CT molecular complexity index is 1020. The third kappa shape index (κ3) is 4.31. The first kappa shape index (κ1) is 20.6. The number of nitrogens with zero attached hydrogens (tertiary/aromatic N) is 1. The number of aromatic nitrogens is 1. The minimum absolute atomic E-state index is 0.0835. The third-order valence-corrected chi connectivity index (χ3v) is 5.46. The summed E-state index contributed by atoms with van der Waals surface area (Å²) < 4.78 is 1.49. The van der Waals surface area contributed by atoms with E-state index in [1.165, 1.54) is 4.57 Å². The zero-order valence-corrected chi connectivity index (χ0v) is 17.0. The first-order valence-electron chi connectivity index (χ1n) is 9.87. The van der Waals surface area contributed by atoms with Gasteiger partial charge in [0.2, 0.25) is 5.91 Å². The summed E-state index contributed by atoms with van der Waals surface area (Å²) in [6, 6.07) is 9.06. The maximum Gasteiger partial charge on any atom is 0.268 e. The number of pyridine rings is 1. The minimum atomic E-state index is -0.478. The van der Waals surface area contributed by atoms with Crippen LogP contribution in [0.2, 0.25) is 0 Å². The largest absolute Gasteiger partial charge is 0.369 e. The molecule has 6 nitrogen and oxygen atoms in total. The minimum Gasteiger partial charge on any atom is -0.369 e. The molecule has 0 radical (unpaired) electrons. The van der Waals surface area contributed by atoms with E-state index in [1.54, 1.807) is 19.2 Å². The summed E-state index contributed by atoms with van der Waals surface area (Å²) in [6.07, 6.45) is 6.48. The Balaban J connectivity index is 1.96. The Labute approximate surface area is 170 Å². The number of carbonyl (C=O) groups excluding carboxylic acids is 2. The van der Waals surface area contributed by atoms with Crippen molar-refractivity contribution >= 4 is 11.8 Å². The van der Waals surface area contributed by atoms with Gasteiger partial charge in [-0.25, -0.2) is 0 Å². The normalized spacial score (nSPS) is 18.6. The van der Waals surface area contributed by atoms with Gasteiger partial charge in [0.05, 0.1) is 5.92 Å². The maximum atomic E-state index is 13.2. The quantitative estimate of drug-likeness (QED) is 0.765. The van der Waals surface area contributed by atoms with Crippen molar-refractivity contribution in [2.45, 2.75) is 45.6 Å². The SMILES string of the molecule is Cc1ccn(-c2cccc(C(C)C)c2)c(=O)c1C(=O)N[C@@H]1CC=CC[C@H]1C(N)=O. The number of aryl methyl sites for hydroxylation is 1. The highest BCUT2D eigenvalue weighted by molar-refractivity contribution is 5.96. The maximum absolute atomic E-state index is 13.2. The molecule has 0 bridgehead atoms. The van der Waals surface area contributed by atoms with E-state index < -0.39 is 23.8 Å². The van der Waals surface area contributed by atoms with Crippen LogP contribution in [0.15, 0.2) is 53.5 Å². The molecule has 0 spiro atoms. The van der Waals surface area contributed by atoms with Crippen molar-refractivity contribution in [2.75, 3.05) is 0 Å². The second kappa shape index (κ2) is 8.47. The van der Waals surface area contributed by atoms with Crippen molar-refractivity contribution in [1.29, 1.82) is 0 Å². The Morgan fingerprint density at radius 2 is 1.90 bits per heavy atom. The zero-order chi connectivity index (χ0) is 21.1. The van der Waals surface area contributed by atoms with Crippen LogP contribution in [-0.4, -0.2) is 22.4 Å². The topological polar surface area (TPSA) is 94.2 Å². The number of carbonyl (C=O) groups is 2. The summed E-state index contributed by atoms with van der Waals surface area (Å²) in [5.41, 5.74) is 7.59. The van der Waals surface area contributed by atoms with Crippen LogP contribution in [-0.2, 0) is 4.79 Å². The first-order chi connectivity index (χ1) is 13.8. The predicted molar refractivity (Wildman–Crippen MR) is 113 cm³/mol. The van der Waals surface area contributed by atoms with Gasteiger partial charge in [-0.05, 0) is 55.0 Å². The van der Waals surface area contributed by atoms with Gasteiger partial charge in [0.15, 0.2) is 0 Å². The van der Waals surface area contributed by atoms with E-state index in [0.717, 1.165) is 5.56 Å². The molecule has 1 aliphatic carbocycles. The first-order valence-corrected chi connectivity index (χ1v) is 9.87. The molecule has 0 saturated carbocycles.